The third kappa shape index (κ3) is 2.34. The van der Waals surface area contributed by atoms with E-state index in [0.717, 1.165) is 25.7 Å². The van der Waals surface area contributed by atoms with Gasteiger partial charge in [-0.05, 0) is 43.4 Å². The molecule has 2 bridgehead atoms. The van der Waals surface area contributed by atoms with Crippen LogP contribution in [0, 0.1) is 34.5 Å². The zero-order chi connectivity index (χ0) is 19.6. The summed E-state index contributed by atoms with van der Waals surface area (Å²) >= 11 is 0. The van der Waals surface area contributed by atoms with Crippen molar-refractivity contribution in [2.75, 3.05) is 0 Å². The Balaban J connectivity index is 1.51. The number of rotatable bonds is 4. The van der Waals surface area contributed by atoms with Crippen LogP contribution in [-0.2, 0) is 19.1 Å². The van der Waals surface area contributed by atoms with Gasteiger partial charge < -0.3 is 9.47 Å². The largest absolute Gasteiger partial charge is 0.461 e. The van der Waals surface area contributed by atoms with Crippen molar-refractivity contribution in [3.05, 3.63) is 25.3 Å². The first-order valence-corrected chi connectivity index (χ1v) is 10.4. The highest BCUT2D eigenvalue weighted by Crippen LogP contribution is 2.66. The molecule has 4 fully saturated rings. The predicted octanol–water partition coefficient (Wildman–Crippen LogP) is 4.44. The second-order valence-corrected chi connectivity index (χ2v) is 9.93. The van der Waals surface area contributed by atoms with Crippen molar-refractivity contribution < 1.29 is 19.1 Å². The molecule has 0 unspecified atom stereocenters. The lowest BCUT2D eigenvalue weighted by atomic mass is 9.70. The van der Waals surface area contributed by atoms with Crippen molar-refractivity contribution in [3.63, 3.8) is 0 Å². The number of ether oxygens (including phenoxy) is 2. The molecule has 6 atom stereocenters. The molecule has 0 radical (unpaired) electrons. The molecule has 4 nitrogen and oxygen atoms in total. The molecule has 3 aliphatic carbocycles. The van der Waals surface area contributed by atoms with E-state index in [1.54, 1.807) is 0 Å². The van der Waals surface area contributed by atoms with Crippen LogP contribution in [0.2, 0.25) is 0 Å². The van der Waals surface area contributed by atoms with Gasteiger partial charge >= 0.3 is 11.9 Å². The maximum atomic E-state index is 13.0. The van der Waals surface area contributed by atoms with E-state index in [2.05, 4.69) is 33.9 Å². The van der Waals surface area contributed by atoms with Crippen LogP contribution in [0.5, 0.6) is 0 Å². The van der Waals surface area contributed by atoms with Crippen molar-refractivity contribution in [1.82, 2.24) is 0 Å². The molecule has 0 aromatic carbocycles. The Hall–Kier alpha value is -1.58. The van der Waals surface area contributed by atoms with Crippen molar-refractivity contribution in [2.45, 2.75) is 71.0 Å². The Bertz CT molecular complexity index is 676. The van der Waals surface area contributed by atoms with Gasteiger partial charge in [0.15, 0.2) is 5.92 Å². The average Bonchev–Trinajstić information content (AvgIpc) is 3.26. The van der Waals surface area contributed by atoms with Crippen LogP contribution >= 0.6 is 0 Å². The Labute approximate surface area is 162 Å². The van der Waals surface area contributed by atoms with Gasteiger partial charge in [0, 0.05) is 23.7 Å². The predicted molar refractivity (Wildman–Crippen MR) is 103 cm³/mol. The molecule has 0 N–H and O–H groups in total. The van der Waals surface area contributed by atoms with Crippen molar-refractivity contribution in [2.24, 2.45) is 34.5 Å². The lowest BCUT2D eigenvalue weighted by molar-refractivity contribution is -0.167. The lowest BCUT2D eigenvalue weighted by Crippen LogP contribution is -2.40. The fourth-order valence-corrected chi connectivity index (χ4v) is 6.62. The second-order valence-electron chi connectivity index (χ2n) is 9.93. The lowest BCUT2D eigenvalue weighted by Gasteiger charge is -2.38. The molecule has 4 aliphatic rings. The smallest absolute Gasteiger partial charge is 0.321 e. The first-order chi connectivity index (χ1) is 12.7. The first kappa shape index (κ1) is 18.8. The molecule has 4 heteroatoms. The van der Waals surface area contributed by atoms with E-state index in [-0.39, 0.29) is 28.8 Å². The summed E-state index contributed by atoms with van der Waals surface area (Å²) in [5.41, 5.74) is -0.501. The highest BCUT2D eigenvalue weighted by Gasteiger charge is 2.64. The van der Waals surface area contributed by atoms with Crippen LogP contribution in [0.3, 0.4) is 0 Å². The number of fused-ring (bicyclic) bond motifs is 2. The zero-order valence-electron chi connectivity index (χ0n) is 16.8. The molecular formula is C23H32O4. The van der Waals surface area contributed by atoms with Gasteiger partial charge in [-0.1, -0.05) is 32.9 Å². The van der Waals surface area contributed by atoms with Crippen LogP contribution in [0.1, 0.15) is 59.3 Å². The van der Waals surface area contributed by atoms with E-state index in [4.69, 9.17) is 9.47 Å². The van der Waals surface area contributed by atoms with Crippen molar-refractivity contribution in [3.8, 4) is 0 Å². The monoisotopic (exact) mass is 372 g/mol. The van der Waals surface area contributed by atoms with E-state index >= 15 is 0 Å². The quantitative estimate of drug-likeness (QED) is 0.416. The number of hydrogen-bond donors (Lipinski definition) is 0. The molecule has 1 heterocycles. The van der Waals surface area contributed by atoms with Gasteiger partial charge in [-0.2, -0.15) is 0 Å². The maximum Gasteiger partial charge on any atom is 0.321 e. The SMILES string of the molecule is C=C[C@@H]1CC[C@@H](C=C)C12C[C@@H](C(=O)O[C@@H]1C[C@@H]3CC[C@@]1(C)C3(C)C)C(=O)O2. The van der Waals surface area contributed by atoms with E-state index in [9.17, 15) is 9.59 Å². The summed E-state index contributed by atoms with van der Waals surface area (Å²) in [6, 6.07) is 0. The summed E-state index contributed by atoms with van der Waals surface area (Å²) in [5.74, 6) is -0.925. The summed E-state index contributed by atoms with van der Waals surface area (Å²) in [6.45, 7) is 14.7. The number of esters is 2. The molecule has 0 aromatic heterocycles. The van der Waals surface area contributed by atoms with Crippen LogP contribution in [0.4, 0.5) is 0 Å². The standard InChI is InChI=1S/C23H32O4/c1-6-14-8-9-15(7-2)23(14)13-17(20(25)27-23)19(24)26-18-12-16-10-11-22(18,5)21(16,3)4/h6-7,14-18H,1-2,8-13H2,3-5H3/t14-,15-,16+,17+,18-,22-/m1/s1. The fourth-order valence-electron chi connectivity index (χ4n) is 6.62. The van der Waals surface area contributed by atoms with Gasteiger partial charge in [0.1, 0.15) is 11.7 Å². The third-order valence-corrected chi connectivity index (χ3v) is 8.97. The summed E-state index contributed by atoms with van der Waals surface area (Å²) in [4.78, 5) is 25.6. The Kier molecular flexibility index (Phi) is 4.14. The van der Waals surface area contributed by atoms with E-state index in [1.165, 1.54) is 6.42 Å². The maximum absolute atomic E-state index is 13.0. The summed E-state index contributed by atoms with van der Waals surface area (Å²) in [6.07, 6.45) is 9.02. The normalized spacial score (nSPS) is 43.7. The Morgan fingerprint density at radius 1 is 1.15 bits per heavy atom. The number of carbonyl (C=O) groups excluding carboxylic acids is 2. The topological polar surface area (TPSA) is 52.6 Å². The van der Waals surface area contributed by atoms with Crippen LogP contribution in [-0.4, -0.2) is 23.6 Å². The average molecular weight is 373 g/mol. The van der Waals surface area contributed by atoms with Gasteiger partial charge in [0.25, 0.3) is 0 Å². The van der Waals surface area contributed by atoms with Gasteiger partial charge in [-0.25, -0.2) is 0 Å². The van der Waals surface area contributed by atoms with Gasteiger partial charge in [0.05, 0.1) is 0 Å². The number of carbonyl (C=O) groups is 2. The zero-order valence-corrected chi connectivity index (χ0v) is 16.8. The first-order valence-electron chi connectivity index (χ1n) is 10.4. The molecular weight excluding hydrogens is 340 g/mol. The van der Waals surface area contributed by atoms with Crippen LogP contribution in [0.25, 0.3) is 0 Å². The van der Waals surface area contributed by atoms with Crippen molar-refractivity contribution in [1.29, 1.82) is 0 Å². The van der Waals surface area contributed by atoms with Gasteiger partial charge in [-0.3, -0.25) is 9.59 Å². The summed E-state index contributed by atoms with van der Waals surface area (Å²) in [7, 11) is 0. The summed E-state index contributed by atoms with van der Waals surface area (Å²) in [5, 5.41) is 0. The third-order valence-electron chi connectivity index (χ3n) is 8.97. The molecule has 27 heavy (non-hydrogen) atoms. The molecule has 0 aromatic rings. The fraction of sp³-hybridized carbons (Fsp3) is 0.739. The highest BCUT2D eigenvalue weighted by molar-refractivity contribution is 5.96. The minimum absolute atomic E-state index is 0.00577. The molecule has 3 saturated carbocycles. The molecule has 0 amide bonds. The molecule has 1 saturated heterocycles. The van der Waals surface area contributed by atoms with Crippen LogP contribution < -0.4 is 0 Å². The summed E-state index contributed by atoms with van der Waals surface area (Å²) < 4.78 is 11.8. The molecule has 148 valence electrons. The Morgan fingerprint density at radius 3 is 2.26 bits per heavy atom. The van der Waals surface area contributed by atoms with E-state index in [0.29, 0.717) is 12.3 Å². The van der Waals surface area contributed by atoms with E-state index in [1.807, 2.05) is 12.2 Å². The Morgan fingerprint density at radius 2 is 1.78 bits per heavy atom. The van der Waals surface area contributed by atoms with Crippen LogP contribution in [0.15, 0.2) is 25.3 Å². The minimum Gasteiger partial charge on any atom is -0.461 e. The highest BCUT2D eigenvalue weighted by atomic mass is 16.6. The second kappa shape index (κ2) is 5.96. The number of hydrogen-bond acceptors (Lipinski definition) is 4. The van der Waals surface area contributed by atoms with Gasteiger partial charge in [0.2, 0.25) is 0 Å². The van der Waals surface area contributed by atoms with Crippen molar-refractivity contribution >= 4 is 11.9 Å². The molecule has 1 spiro atoms. The molecule has 4 rings (SSSR count). The van der Waals surface area contributed by atoms with E-state index < -0.39 is 23.5 Å². The van der Waals surface area contributed by atoms with Gasteiger partial charge in [-0.15, -0.1) is 13.2 Å². The molecule has 1 aliphatic heterocycles. The minimum atomic E-state index is -0.821.